The van der Waals surface area contributed by atoms with Gasteiger partial charge in [0.05, 0.1) is 15.8 Å². The second kappa shape index (κ2) is 8.69. The summed E-state index contributed by atoms with van der Waals surface area (Å²) in [7, 11) is -3.33. The van der Waals surface area contributed by atoms with E-state index in [1.807, 2.05) is 0 Å². The first-order valence-electron chi connectivity index (χ1n) is 10.1. The molecule has 0 saturated carbocycles. The predicted molar refractivity (Wildman–Crippen MR) is 125 cm³/mol. The topological polar surface area (TPSA) is 50.3 Å². The molecule has 30 heavy (non-hydrogen) atoms. The molecule has 1 saturated heterocycles. The number of aromatic nitrogens is 1. The standard InChI is InChI=1S/C23H25ClN2O2S2/c1-16-4-3-5-18(17(16)2)14-20-15-29-23(25-20)26-12-10-22(11-13-26)30(27,28)21-8-6-19(24)7-9-21/h3-9,15,22H,10-14H2,1-2H3. The van der Waals surface area contributed by atoms with Crippen molar-refractivity contribution in [3.63, 3.8) is 0 Å². The van der Waals surface area contributed by atoms with E-state index < -0.39 is 9.84 Å². The number of hydrogen-bond acceptors (Lipinski definition) is 5. The highest BCUT2D eigenvalue weighted by atomic mass is 35.5. The van der Waals surface area contributed by atoms with E-state index in [0.29, 0.717) is 35.8 Å². The van der Waals surface area contributed by atoms with Gasteiger partial charge in [0.2, 0.25) is 0 Å². The van der Waals surface area contributed by atoms with Gasteiger partial charge >= 0.3 is 0 Å². The fourth-order valence-corrected chi connectivity index (χ4v) is 6.63. The lowest BCUT2D eigenvalue weighted by Gasteiger charge is -2.31. The molecule has 158 valence electrons. The van der Waals surface area contributed by atoms with Crippen molar-refractivity contribution >= 4 is 37.9 Å². The number of piperidine rings is 1. The van der Waals surface area contributed by atoms with Gasteiger partial charge in [-0.25, -0.2) is 13.4 Å². The molecule has 1 aromatic heterocycles. The van der Waals surface area contributed by atoms with E-state index in [-0.39, 0.29) is 5.25 Å². The fraction of sp³-hybridized carbons (Fsp3) is 0.348. The van der Waals surface area contributed by atoms with Gasteiger partial charge in [-0.1, -0.05) is 29.8 Å². The number of hydrogen-bond donors (Lipinski definition) is 0. The van der Waals surface area contributed by atoms with Gasteiger partial charge in [-0.15, -0.1) is 11.3 Å². The molecule has 0 unspecified atom stereocenters. The first-order valence-corrected chi connectivity index (χ1v) is 12.9. The van der Waals surface area contributed by atoms with E-state index in [4.69, 9.17) is 16.6 Å². The Balaban J connectivity index is 1.41. The molecule has 4 rings (SSSR count). The summed E-state index contributed by atoms with van der Waals surface area (Å²) in [4.78, 5) is 7.41. The van der Waals surface area contributed by atoms with Crippen LogP contribution in [-0.2, 0) is 16.3 Å². The van der Waals surface area contributed by atoms with E-state index >= 15 is 0 Å². The smallest absolute Gasteiger partial charge is 0.185 e. The van der Waals surface area contributed by atoms with Crippen molar-refractivity contribution in [2.45, 2.75) is 43.3 Å². The molecule has 0 spiro atoms. The van der Waals surface area contributed by atoms with Crippen molar-refractivity contribution in [1.82, 2.24) is 4.98 Å². The molecule has 3 aromatic rings. The van der Waals surface area contributed by atoms with Crippen LogP contribution in [0.2, 0.25) is 5.02 Å². The fourth-order valence-electron chi connectivity index (χ4n) is 3.90. The third kappa shape index (κ3) is 4.41. The Morgan fingerprint density at radius 3 is 2.50 bits per heavy atom. The molecular weight excluding hydrogens is 436 g/mol. The first-order chi connectivity index (χ1) is 14.3. The van der Waals surface area contributed by atoms with Crippen molar-refractivity contribution in [2.24, 2.45) is 0 Å². The molecule has 1 fully saturated rings. The first kappa shape index (κ1) is 21.3. The molecule has 0 aliphatic carbocycles. The van der Waals surface area contributed by atoms with Crippen LogP contribution in [0.25, 0.3) is 0 Å². The van der Waals surface area contributed by atoms with Gasteiger partial charge in [-0.05, 0) is 67.6 Å². The summed E-state index contributed by atoms with van der Waals surface area (Å²) in [6.07, 6.45) is 2.04. The third-order valence-corrected chi connectivity index (χ3v) is 9.40. The van der Waals surface area contributed by atoms with E-state index in [0.717, 1.165) is 17.2 Å². The molecule has 4 nitrogen and oxygen atoms in total. The van der Waals surface area contributed by atoms with Crippen LogP contribution in [0.15, 0.2) is 52.7 Å². The van der Waals surface area contributed by atoms with Crippen LogP contribution in [0.5, 0.6) is 0 Å². The monoisotopic (exact) mass is 460 g/mol. The molecule has 1 aliphatic heterocycles. The van der Waals surface area contributed by atoms with E-state index in [1.54, 1.807) is 35.6 Å². The summed E-state index contributed by atoms with van der Waals surface area (Å²) >= 11 is 7.54. The van der Waals surface area contributed by atoms with Gasteiger partial charge in [0.15, 0.2) is 15.0 Å². The summed E-state index contributed by atoms with van der Waals surface area (Å²) < 4.78 is 25.9. The van der Waals surface area contributed by atoms with Crippen molar-refractivity contribution in [1.29, 1.82) is 0 Å². The summed E-state index contributed by atoms with van der Waals surface area (Å²) in [6.45, 7) is 5.69. The van der Waals surface area contributed by atoms with Crippen LogP contribution in [0, 0.1) is 13.8 Å². The minimum absolute atomic E-state index is 0.357. The summed E-state index contributed by atoms with van der Waals surface area (Å²) in [5.74, 6) is 0. The van der Waals surface area contributed by atoms with Gasteiger partial charge in [0.25, 0.3) is 0 Å². The molecule has 0 bridgehead atoms. The Bertz CT molecular complexity index is 1130. The van der Waals surface area contributed by atoms with Gasteiger partial charge in [0, 0.05) is 29.9 Å². The average molecular weight is 461 g/mol. The maximum absolute atomic E-state index is 12.9. The van der Waals surface area contributed by atoms with Crippen LogP contribution in [0.1, 0.15) is 35.2 Å². The third-order valence-electron chi connectivity index (χ3n) is 5.92. The van der Waals surface area contributed by atoms with E-state index in [9.17, 15) is 8.42 Å². The van der Waals surface area contributed by atoms with Crippen molar-refractivity contribution < 1.29 is 8.42 Å². The number of rotatable bonds is 5. The molecule has 1 aliphatic rings. The van der Waals surface area contributed by atoms with Gasteiger partial charge in [-0.3, -0.25) is 0 Å². The maximum Gasteiger partial charge on any atom is 0.185 e. The number of sulfone groups is 1. The number of anilines is 1. The van der Waals surface area contributed by atoms with Crippen LogP contribution in [-0.4, -0.2) is 31.7 Å². The molecular formula is C23H25ClN2O2S2. The Hall–Kier alpha value is -1.89. The van der Waals surface area contributed by atoms with Crippen LogP contribution in [0.4, 0.5) is 5.13 Å². The highest BCUT2D eigenvalue weighted by molar-refractivity contribution is 7.92. The largest absolute Gasteiger partial charge is 0.348 e. The second-order valence-electron chi connectivity index (χ2n) is 7.84. The van der Waals surface area contributed by atoms with Crippen LogP contribution < -0.4 is 4.90 Å². The zero-order valence-corrected chi connectivity index (χ0v) is 19.5. The van der Waals surface area contributed by atoms with Crippen molar-refractivity contribution in [3.05, 3.63) is 75.3 Å². The SMILES string of the molecule is Cc1cccc(Cc2csc(N3CCC(S(=O)(=O)c4ccc(Cl)cc4)CC3)n2)c1C. The lowest BCUT2D eigenvalue weighted by Crippen LogP contribution is -2.39. The highest BCUT2D eigenvalue weighted by Crippen LogP contribution is 2.30. The predicted octanol–water partition coefficient (Wildman–Crippen LogP) is 5.45. The summed E-state index contributed by atoms with van der Waals surface area (Å²) in [5.41, 5.74) is 4.99. The van der Waals surface area contributed by atoms with E-state index in [2.05, 4.69) is 42.3 Å². The Kier molecular flexibility index (Phi) is 6.19. The van der Waals surface area contributed by atoms with Crippen LogP contribution >= 0.6 is 22.9 Å². The Morgan fingerprint density at radius 2 is 1.80 bits per heavy atom. The zero-order chi connectivity index (χ0) is 21.3. The zero-order valence-electron chi connectivity index (χ0n) is 17.1. The normalized spacial score (nSPS) is 15.5. The number of nitrogens with zero attached hydrogens (tertiary/aromatic N) is 2. The lowest BCUT2D eigenvalue weighted by molar-refractivity contribution is 0.529. The molecule has 2 aromatic carbocycles. The second-order valence-corrected chi connectivity index (χ2v) is 11.3. The average Bonchev–Trinajstić information content (AvgIpc) is 3.20. The molecule has 0 N–H and O–H groups in total. The summed E-state index contributed by atoms with van der Waals surface area (Å²) in [5, 5.41) is 3.29. The number of halogens is 1. The molecule has 2 heterocycles. The lowest BCUT2D eigenvalue weighted by atomic mass is 10.0. The van der Waals surface area contributed by atoms with Crippen molar-refractivity contribution in [3.8, 4) is 0 Å². The maximum atomic E-state index is 12.9. The molecule has 7 heteroatoms. The van der Waals surface area contributed by atoms with Gasteiger partial charge in [-0.2, -0.15) is 0 Å². The summed E-state index contributed by atoms with van der Waals surface area (Å²) in [6, 6.07) is 12.9. The molecule has 0 amide bonds. The molecule has 0 atom stereocenters. The minimum atomic E-state index is -3.33. The minimum Gasteiger partial charge on any atom is -0.348 e. The quantitative estimate of drug-likeness (QED) is 0.508. The molecule has 0 radical (unpaired) electrons. The highest BCUT2D eigenvalue weighted by Gasteiger charge is 2.32. The van der Waals surface area contributed by atoms with Crippen LogP contribution in [0.3, 0.4) is 0 Å². The van der Waals surface area contributed by atoms with Gasteiger partial charge in [0.1, 0.15) is 0 Å². The Morgan fingerprint density at radius 1 is 1.10 bits per heavy atom. The van der Waals surface area contributed by atoms with Crippen molar-refractivity contribution in [2.75, 3.05) is 18.0 Å². The number of thiazole rings is 1. The number of benzene rings is 2. The van der Waals surface area contributed by atoms with E-state index in [1.165, 1.54) is 16.7 Å². The Labute approximate surface area is 187 Å². The number of aryl methyl sites for hydroxylation is 1. The van der Waals surface area contributed by atoms with Gasteiger partial charge < -0.3 is 4.90 Å².